The molecule has 0 saturated heterocycles. The van der Waals surface area contributed by atoms with Crippen molar-refractivity contribution in [3.63, 3.8) is 0 Å². The first-order chi connectivity index (χ1) is 4.63. The van der Waals surface area contributed by atoms with Crippen molar-refractivity contribution >= 4 is 6.72 Å². The van der Waals surface area contributed by atoms with Crippen molar-refractivity contribution in [3.05, 3.63) is 0 Å². The Bertz CT molecular complexity index is 103. The highest BCUT2D eigenvalue weighted by atomic mass is 15.0. The first kappa shape index (κ1) is 9.59. The van der Waals surface area contributed by atoms with Crippen LogP contribution >= 0.6 is 0 Å². The maximum absolute atomic E-state index is 5.72. The lowest BCUT2D eigenvalue weighted by Gasteiger charge is -2.21. The van der Waals surface area contributed by atoms with Crippen molar-refractivity contribution in [2.24, 2.45) is 22.4 Å². The molecule has 0 spiro atoms. The third kappa shape index (κ3) is 2.45. The summed E-state index contributed by atoms with van der Waals surface area (Å²) in [6.07, 6.45) is 0.722. The van der Waals surface area contributed by atoms with Gasteiger partial charge in [0.1, 0.15) is 6.17 Å². The molecular formula is C7H17N3. The minimum absolute atomic E-state index is 0.0532. The third-order valence-electron chi connectivity index (χ3n) is 1.91. The van der Waals surface area contributed by atoms with Gasteiger partial charge in [-0.1, -0.05) is 20.3 Å². The molecule has 0 bridgehead atoms. The van der Waals surface area contributed by atoms with E-state index < -0.39 is 0 Å². The van der Waals surface area contributed by atoms with E-state index in [1.807, 2.05) is 0 Å². The summed E-state index contributed by atoms with van der Waals surface area (Å²) in [6, 6.07) is -0.0532. The Balaban J connectivity index is 3.80. The lowest BCUT2D eigenvalue weighted by atomic mass is 9.98. The first-order valence-corrected chi connectivity index (χ1v) is 3.60. The van der Waals surface area contributed by atoms with Crippen LogP contribution in [0, 0.1) is 5.92 Å². The van der Waals surface area contributed by atoms with Gasteiger partial charge in [0, 0.05) is 6.04 Å². The van der Waals surface area contributed by atoms with E-state index in [-0.39, 0.29) is 12.2 Å². The van der Waals surface area contributed by atoms with Gasteiger partial charge in [-0.05, 0) is 12.6 Å². The molecule has 0 heterocycles. The Kier molecular flexibility index (Phi) is 4.23. The fourth-order valence-corrected chi connectivity index (χ4v) is 0.730. The van der Waals surface area contributed by atoms with E-state index in [1.54, 1.807) is 0 Å². The van der Waals surface area contributed by atoms with Crippen molar-refractivity contribution in [3.8, 4) is 0 Å². The Morgan fingerprint density at radius 1 is 1.50 bits per heavy atom. The molecule has 0 amide bonds. The van der Waals surface area contributed by atoms with Gasteiger partial charge >= 0.3 is 0 Å². The van der Waals surface area contributed by atoms with Gasteiger partial charge in [0.25, 0.3) is 0 Å². The summed E-state index contributed by atoms with van der Waals surface area (Å²) in [6.45, 7) is 7.49. The second kappa shape index (κ2) is 4.41. The Morgan fingerprint density at radius 3 is 2.30 bits per heavy atom. The zero-order valence-corrected chi connectivity index (χ0v) is 6.75. The van der Waals surface area contributed by atoms with Crippen molar-refractivity contribution in [1.82, 2.24) is 0 Å². The van der Waals surface area contributed by atoms with Crippen LogP contribution in [0.5, 0.6) is 0 Å². The molecule has 0 aliphatic carbocycles. The first-order valence-electron chi connectivity index (χ1n) is 3.60. The molecule has 0 aliphatic rings. The molecule has 3 nitrogen and oxygen atoms in total. The van der Waals surface area contributed by atoms with Crippen LogP contribution in [0.2, 0.25) is 0 Å². The summed E-state index contributed by atoms with van der Waals surface area (Å²) >= 11 is 0. The highest BCUT2D eigenvalue weighted by molar-refractivity contribution is 5.24. The molecule has 0 fully saturated rings. The smallest absolute Gasteiger partial charge is 0.112 e. The van der Waals surface area contributed by atoms with Gasteiger partial charge in [0.05, 0.1) is 0 Å². The predicted octanol–water partition coefficient (Wildman–Crippen LogP) is 0.345. The summed E-state index contributed by atoms with van der Waals surface area (Å²) in [5.74, 6) is 0.417. The molecule has 3 atom stereocenters. The molecule has 0 aromatic heterocycles. The maximum Gasteiger partial charge on any atom is 0.112 e. The molecular weight excluding hydrogens is 126 g/mol. The molecule has 0 saturated carbocycles. The molecule has 0 aliphatic heterocycles. The fourth-order valence-electron chi connectivity index (χ4n) is 0.730. The second-order valence-corrected chi connectivity index (χ2v) is 2.64. The SMILES string of the molecule is C=NC(N)C(N)C(C)CC. The second-order valence-electron chi connectivity index (χ2n) is 2.64. The van der Waals surface area contributed by atoms with E-state index >= 15 is 0 Å². The molecule has 3 unspecified atom stereocenters. The molecule has 60 valence electrons. The fraction of sp³-hybridized carbons (Fsp3) is 0.857. The molecule has 10 heavy (non-hydrogen) atoms. The predicted molar refractivity (Wildman–Crippen MR) is 45.0 cm³/mol. The van der Waals surface area contributed by atoms with Gasteiger partial charge in [-0.15, -0.1) is 0 Å². The zero-order valence-electron chi connectivity index (χ0n) is 6.75. The summed E-state index contributed by atoms with van der Waals surface area (Å²) in [4.78, 5) is 3.66. The van der Waals surface area contributed by atoms with Crippen molar-refractivity contribution < 1.29 is 0 Å². The van der Waals surface area contributed by atoms with Crippen LogP contribution in [0.15, 0.2) is 4.99 Å². The number of hydrogen-bond donors (Lipinski definition) is 2. The number of nitrogens with two attached hydrogens (primary N) is 2. The molecule has 0 aromatic rings. The summed E-state index contributed by atoms with van der Waals surface area (Å²) < 4.78 is 0. The molecule has 0 aromatic carbocycles. The van der Waals surface area contributed by atoms with E-state index in [1.165, 1.54) is 0 Å². The highest BCUT2D eigenvalue weighted by Gasteiger charge is 2.16. The van der Waals surface area contributed by atoms with Gasteiger partial charge in [-0.3, -0.25) is 4.99 Å². The van der Waals surface area contributed by atoms with Crippen LogP contribution in [0.1, 0.15) is 20.3 Å². The van der Waals surface area contributed by atoms with Gasteiger partial charge < -0.3 is 11.5 Å². The van der Waals surface area contributed by atoms with Crippen LogP contribution < -0.4 is 11.5 Å². The lowest BCUT2D eigenvalue weighted by Crippen LogP contribution is -2.44. The van der Waals surface area contributed by atoms with Crippen LogP contribution in [0.3, 0.4) is 0 Å². The van der Waals surface area contributed by atoms with E-state index in [2.05, 4.69) is 25.6 Å². The van der Waals surface area contributed by atoms with Crippen LogP contribution in [-0.4, -0.2) is 18.9 Å². The number of nitrogens with zero attached hydrogens (tertiary/aromatic N) is 1. The number of hydrogen-bond acceptors (Lipinski definition) is 3. The van der Waals surface area contributed by atoms with Crippen LogP contribution in [0.4, 0.5) is 0 Å². The topological polar surface area (TPSA) is 64.4 Å². The average molecular weight is 143 g/mol. The molecule has 0 rings (SSSR count). The Hall–Kier alpha value is -0.410. The highest BCUT2D eigenvalue weighted by Crippen LogP contribution is 2.07. The largest absolute Gasteiger partial charge is 0.325 e. The maximum atomic E-state index is 5.72. The number of aliphatic imine (C=N–C) groups is 1. The summed E-state index contributed by atoms with van der Waals surface area (Å²) in [5, 5.41) is 0. The monoisotopic (exact) mass is 143 g/mol. The zero-order chi connectivity index (χ0) is 8.15. The minimum Gasteiger partial charge on any atom is -0.325 e. The third-order valence-corrected chi connectivity index (χ3v) is 1.91. The minimum atomic E-state index is -0.310. The molecule has 3 heteroatoms. The molecule has 4 N–H and O–H groups in total. The van der Waals surface area contributed by atoms with Crippen LogP contribution in [-0.2, 0) is 0 Å². The van der Waals surface area contributed by atoms with E-state index in [0.717, 1.165) is 6.42 Å². The van der Waals surface area contributed by atoms with Crippen LogP contribution in [0.25, 0.3) is 0 Å². The normalized spacial score (nSPS) is 19.6. The summed E-state index contributed by atoms with van der Waals surface area (Å²) in [7, 11) is 0. The van der Waals surface area contributed by atoms with E-state index in [0.29, 0.717) is 5.92 Å². The average Bonchev–Trinajstić information content (AvgIpc) is 2.00. The van der Waals surface area contributed by atoms with E-state index in [9.17, 15) is 0 Å². The molecule has 0 radical (unpaired) electrons. The van der Waals surface area contributed by atoms with Crippen molar-refractivity contribution in [2.75, 3.05) is 0 Å². The Morgan fingerprint density at radius 2 is 2.00 bits per heavy atom. The van der Waals surface area contributed by atoms with E-state index in [4.69, 9.17) is 11.5 Å². The summed E-state index contributed by atoms with van der Waals surface area (Å²) in [5.41, 5.74) is 11.3. The van der Waals surface area contributed by atoms with Gasteiger partial charge in [0.2, 0.25) is 0 Å². The van der Waals surface area contributed by atoms with Crippen molar-refractivity contribution in [2.45, 2.75) is 32.5 Å². The van der Waals surface area contributed by atoms with Crippen molar-refractivity contribution in [1.29, 1.82) is 0 Å². The van der Waals surface area contributed by atoms with Gasteiger partial charge in [-0.2, -0.15) is 0 Å². The van der Waals surface area contributed by atoms with Gasteiger partial charge in [0.15, 0.2) is 0 Å². The quantitative estimate of drug-likeness (QED) is 0.557. The lowest BCUT2D eigenvalue weighted by molar-refractivity contribution is 0.388. The van der Waals surface area contributed by atoms with Gasteiger partial charge in [-0.25, -0.2) is 0 Å². The standard InChI is InChI=1S/C7H17N3/c1-4-5(2)6(8)7(9)10-3/h5-7H,3-4,8-9H2,1-2H3. The Labute approximate surface area is 62.5 Å². The number of rotatable bonds is 4.